The third-order valence-electron chi connectivity index (χ3n) is 4.31. The number of methoxy groups -OCH3 is 1. The smallest absolute Gasteiger partial charge is 0.292 e. The molecule has 8 nitrogen and oxygen atoms in total. The van der Waals surface area contributed by atoms with Gasteiger partial charge in [-0.15, -0.1) is 0 Å². The molecular formula is C22H24N4O4. The SMILES string of the molecule is COc1ccc(/C=N/NC(=O)c2nn(C)c(=O)c3ccccc23)cc1OCC(C)C. The number of benzene rings is 2. The second-order valence-corrected chi connectivity index (χ2v) is 7.14. The van der Waals surface area contributed by atoms with Gasteiger partial charge in [-0.2, -0.15) is 10.2 Å². The van der Waals surface area contributed by atoms with Crippen LogP contribution in [0.5, 0.6) is 11.5 Å². The molecule has 8 heteroatoms. The molecule has 0 aliphatic carbocycles. The van der Waals surface area contributed by atoms with Crippen LogP contribution in [0.2, 0.25) is 0 Å². The lowest BCUT2D eigenvalue weighted by molar-refractivity contribution is 0.0950. The third kappa shape index (κ3) is 4.65. The van der Waals surface area contributed by atoms with Gasteiger partial charge in [-0.25, -0.2) is 10.1 Å². The molecule has 30 heavy (non-hydrogen) atoms. The summed E-state index contributed by atoms with van der Waals surface area (Å²) in [4.78, 5) is 24.8. The molecule has 0 fully saturated rings. The number of nitrogens with one attached hydrogen (secondary N) is 1. The van der Waals surface area contributed by atoms with Gasteiger partial charge in [-0.1, -0.05) is 32.0 Å². The van der Waals surface area contributed by atoms with Gasteiger partial charge in [0, 0.05) is 12.4 Å². The summed E-state index contributed by atoms with van der Waals surface area (Å²) >= 11 is 0. The molecule has 0 atom stereocenters. The summed E-state index contributed by atoms with van der Waals surface area (Å²) in [6.45, 7) is 4.67. The Morgan fingerprint density at radius 3 is 2.63 bits per heavy atom. The molecule has 0 radical (unpaired) electrons. The Kier molecular flexibility index (Phi) is 6.46. The Labute approximate surface area is 174 Å². The normalized spacial score (nSPS) is 11.2. The van der Waals surface area contributed by atoms with E-state index in [0.29, 0.717) is 34.8 Å². The molecule has 2 aromatic carbocycles. The number of rotatable bonds is 7. The lowest BCUT2D eigenvalue weighted by Crippen LogP contribution is -2.27. The molecule has 1 heterocycles. The average Bonchev–Trinajstić information content (AvgIpc) is 2.74. The van der Waals surface area contributed by atoms with Crippen molar-refractivity contribution in [3.63, 3.8) is 0 Å². The van der Waals surface area contributed by atoms with Gasteiger partial charge >= 0.3 is 0 Å². The lowest BCUT2D eigenvalue weighted by atomic mass is 10.1. The second kappa shape index (κ2) is 9.21. The predicted molar refractivity (Wildman–Crippen MR) is 115 cm³/mol. The van der Waals surface area contributed by atoms with Crippen molar-refractivity contribution < 1.29 is 14.3 Å². The summed E-state index contributed by atoms with van der Waals surface area (Å²) in [6.07, 6.45) is 1.50. The van der Waals surface area contributed by atoms with E-state index in [0.717, 1.165) is 10.2 Å². The third-order valence-corrected chi connectivity index (χ3v) is 4.31. The first-order chi connectivity index (χ1) is 14.4. The molecule has 156 valence electrons. The van der Waals surface area contributed by atoms with Crippen molar-refractivity contribution in [3.05, 3.63) is 64.1 Å². The van der Waals surface area contributed by atoms with Gasteiger partial charge in [-0.05, 0) is 35.7 Å². The number of hydrogen-bond acceptors (Lipinski definition) is 6. The maximum Gasteiger partial charge on any atom is 0.292 e. The van der Waals surface area contributed by atoms with Gasteiger partial charge in [0.1, 0.15) is 0 Å². The zero-order chi connectivity index (χ0) is 21.7. The maximum absolute atomic E-state index is 12.6. The molecule has 0 unspecified atom stereocenters. The zero-order valence-corrected chi connectivity index (χ0v) is 17.4. The van der Waals surface area contributed by atoms with Crippen molar-refractivity contribution in [1.82, 2.24) is 15.2 Å². The molecule has 0 aliphatic rings. The minimum Gasteiger partial charge on any atom is -0.493 e. The van der Waals surface area contributed by atoms with E-state index in [9.17, 15) is 9.59 Å². The van der Waals surface area contributed by atoms with E-state index < -0.39 is 5.91 Å². The number of fused-ring (bicyclic) bond motifs is 1. The van der Waals surface area contributed by atoms with Crippen molar-refractivity contribution in [3.8, 4) is 11.5 Å². The Hall–Kier alpha value is -3.68. The lowest BCUT2D eigenvalue weighted by Gasteiger charge is -2.12. The molecule has 0 spiro atoms. The van der Waals surface area contributed by atoms with Crippen molar-refractivity contribution in [2.24, 2.45) is 18.1 Å². The minimum atomic E-state index is -0.511. The molecule has 0 saturated heterocycles. The van der Waals surface area contributed by atoms with Crippen LogP contribution in [0, 0.1) is 5.92 Å². The van der Waals surface area contributed by atoms with Crippen LogP contribution >= 0.6 is 0 Å². The molecule has 3 rings (SSSR count). The summed E-state index contributed by atoms with van der Waals surface area (Å²) < 4.78 is 12.2. The van der Waals surface area contributed by atoms with E-state index in [1.54, 1.807) is 49.6 Å². The van der Waals surface area contributed by atoms with Gasteiger partial charge in [0.2, 0.25) is 0 Å². The van der Waals surface area contributed by atoms with Crippen LogP contribution in [0.1, 0.15) is 29.9 Å². The summed E-state index contributed by atoms with van der Waals surface area (Å²) in [6, 6.07) is 12.2. The van der Waals surface area contributed by atoms with E-state index >= 15 is 0 Å². The Bertz CT molecular complexity index is 1150. The highest BCUT2D eigenvalue weighted by Crippen LogP contribution is 2.28. The standard InChI is InChI=1S/C22H24N4O4/c1-14(2)13-30-19-11-15(9-10-18(19)29-4)12-23-24-21(27)20-16-7-5-6-8-17(16)22(28)26(3)25-20/h5-12,14H,13H2,1-4H3,(H,24,27)/b23-12+. The topological polar surface area (TPSA) is 94.8 Å². The van der Waals surface area contributed by atoms with E-state index in [2.05, 4.69) is 29.5 Å². The van der Waals surface area contributed by atoms with Gasteiger partial charge < -0.3 is 9.47 Å². The monoisotopic (exact) mass is 408 g/mol. The fraction of sp³-hybridized carbons (Fsp3) is 0.273. The van der Waals surface area contributed by atoms with Crippen molar-refractivity contribution in [2.75, 3.05) is 13.7 Å². The number of nitrogens with zero attached hydrogens (tertiary/aromatic N) is 3. The summed E-state index contributed by atoms with van der Waals surface area (Å²) in [5.41, 5.74) is 3.05. The number of hydrogen-bond donors (Lipinski definition) is 1. The highest BCUT2D eigenvalue weighted by molar-refractivity contribution is 6.04. The first-order valence-electron chi connectivity index (χ1n) is 9.51. The summed E-state index contributed by atoms with van der Waals surface area (Å²) in [5.74, 6) is 1.09. The average molecular weight is 408 g/mol. The molecule has 1 aromatic heterocycles. The highest BCUT2D eigenvalue weighted by atomic mass is 16.5. The van der Waals surface area contributed by atoms with Gasteiger partial charge in [0.15, 0.2) is 17.2 Å². The quantitative estimate of drug-likeness (QED) is 0.479. The molecule has 1 amide bonds. The fourth-order valence-corrected chi connectivity index (χ4v) is 2.83. The van der Waals surface area contributed by atoms with Crippen LogP contribution in [0.4, 0.5) is 0 Å². The number of aryl methyl sites for hydroxylation is 1. The molecule has 0 aliphatic heterocycles. The van der Waals surface area contributed by atoms with E-state index in [-0.39, 0.29) is 11.3 Å². The van der Waals surface area contributed by atoms with Crippen molar-refractivity contribution >= 4 is 22.9 Å². The number of carbonyl (C=O) groups excluding carboxylic acids is 1. The largest absolute Gasteiger partial charge is 0.493 e. The molecule has 1 N–H and O–H groups in total. The number of ether oxygens (including phenoxy) is 2. The number of aromatic nitrogens is 2. The predicted octanol–water partition coefficient (Wildman–Crippen LogP) is 2.74. The zero-order valence-electron chi connectivity index (χ0n) is 17.4. The van der Waals surface area contributed by atoms with Crippen LogP contribution in [-0.2, 0) is 7.05 Å². The fourth-order valence-electron chi connectivity index (χ4n) is 2.83. The minimum absolute atomic E-state index is 0.125. The van der Waals surface area contributed by atoms with Crippen LogP contribution < -0.4 is 20.5 Å². The first kappa shape index (κ1) is 21.0. The van der Waals surface area contributed by atoms with Crippen LogP contribution in [0.3, 0.4) is 0 Å². The Balaban J connectivity index is 1.80. The highest BCUT2D eigenvalue weighted by Gasteiger charge is 2.15. The Morgan fingerprint density at radius 1 is 1.20 bits per heavy atom. The van der Waals surface area contributed by atoms with E-state index in [1.165, 1.54) is 13.3 Å². The van der Waals surface area contributed by atoms with E-state index in [4.69, 9.17) is 9.47 Å². The second-order valence-electron chi connectivity index (χ2n) is 7.14. The number of carbonyl (C=O) groups is 1. The first-order valence-corrected chi connectivity index (χ1v) is 9.51. The molecule has 3 aromatic rings. The Morgan fingerprint density at radius 2 is 1.93 bits per heavy atom. The number of hydrazone groups is 1. The van der Waals surface area contributed by atoms with Crippen molar-refractivity contribution in [2.45, 2.75) is 13.8 Å². The van der Waals surface area contributed by atoms with Gasteiger partial charge in [-0.3, -0.25) is 9.59 Å². The maximum atomic E-state index is 12.6. The van der Waals surface area contributed by atoms with E-state index in [1.807, 2.05) is 0 Å². The van der Waals surface area contributed by atoms with Crippen LogP contribution in [0.15, 0.2) is 52.4 Å². The van der Waals surface area contributed by atoms with Crippen LogP contribution in [0.25, 0.3) is 10.8 Å². The molecule has 0 saturated carbocycles. The summed E-state index contributed by atoms with van der Waals surface area (Å²) in [7, 11) is 3.08. The van der Waals surface area contributed by atoms with Gasteiger partial charge in [0.05, 0.1) is 25.3 Å². The van der Waals surface area contributed by atoms with Gasteiger partial charge in [0.25, 0.3) is 11.5 Å². The van der Waals surface area contributed by atoms with Crippen molar-refractivity contribution in [1.29, 1.82) is 0 Å². The summed E-state index contributed by atoms with van der Waals surface area (Å²) in [5, 5.41) is 9.00. The molecule has 0 bridgehead atoms. The molecular weight excluding hydrogens is 384 g/mol. The van der Waals surface area contributed by atoms with Crippen LogP contribution in [-0.4, -0.2) is 35.6 Å². The number of amides is 1.